The summed E-state index contributed by atoms with van der Waals surface area (Å²) in [6.45, 7) is 1.74. The number of nitrogens with one attached hydrogen (secondary N) is 1. The molecule has 1 saturated carbocycles. The third-order valence-electron chi connectivity index (χ3n) is 3.89. The normalized spacial score (nSPS) is 16.3. The molecule has 0 radical (unpaired) electrons. The number of aromatic nitrogens is 1. The molecule has 1 fully saturated rings. The second kappa shape index (κ2) is 6.33. The Bertz CT molecular complexity index is 764. The van der Waals surface area contributed by atoms with Gasteiger partial charge < -0.3 is 9.26 Å². The van der Waals surface area contributed by atoms with Crippen molar-refractivity contribution in [2.24, 2.45) is 5.92 Å². The van der Waals surface area contributed by atoms with Crippen LogP contribution in [0.25, 0.3) is 0 Å². The highest BCUT2D eigenvalue weighted by Gasteiger charge is 2.35. The minimum absolute atomic E-state index is 0.177. The van der Waals surface area contributed by atoms with Crippen LogP contribution in [0.3, 0.4) is 0 Å². The number of benzene rings is 1. The summed E-state index contributed by atoms with van der Waals surface area (Å²) in [7, 11) is -1.89. The number of rotatable bonds is 7. The Morgan fingerprint density at radius 2 is 2.04 bits per heavy atom. The van der Waals surface area contributed by atoms with Crippen LogP contribution in [0.5, 0.6) is 5.75 Å². The van der Waals surface area contributed by atoms with Crippen molar-refractivity contribution in [1.29, 1.82) is 0 Å². The van der Waals surface area contributed by atoms with Crippen molar-refractivity contribution < 1.29 is 17.7 Å². The van der Waals surface area contributed by atoms with Crippen LogP contribution in [-0.2, 0) is 15.8 Å². The predicted octanol–water partition coefficient (Wildman–Crippen LogP) is 2.56. The molecule has 1 aromatic carbocycles. The number of methoxy groups -OCH3 is 1. The lowest BCUT2D eigenvalue weighted by Gasteiger charge is -2.18. The van der Waals surface area contributed by atoms with Gasteiger partial charge in [0.15, 0.2) is 0 Å². The van der Waals surface area contributed by atoms with Gasteiger partial charge in [0.1, 0.15) is 23.0 Å². The Balaban J connectivity index is 1.76. The summed E-state index contributed by atoms with van der Waals surface area (Å²) in [6, 6.07) is 8.94. The molecule has 0 saturated heterocycles. The maximum Gasteiger partial charge on any atom is 0.218 e. The third-order valence-corrected chi connectivity index (χ3v) is 5.18. The molecule has 0 bridgehead atoms. The number of hydrogen-bond acceptors (Lipinski definition) is 5. The lowest BCUT2D eigenvalue weighted by Crippen LogP contribution is -2.31. The van der Waals surface area contributed by atoms with Gasteiger partial charge in [0.25, 0.3) is 0 Å². The van der Waals surface area contributed by atoms with Crippen molar-refractivity contribution in [2.45, 2.75) is 31.6 Å². The van der Waals surface area contributed by atoms with Gasteiger partial charge in [-0.3, -0.25) is 0 Å². The van der Waals surface area contributed by atoms with E-state index >= 15 is 0 Å². The van der Waals surface area contributed by atoms with Crippen molar-refractivity contribution in [3.8, 4) is 5.75 Å². The molecule has 1 heterocycles. The quantitative estimate of drug-likeness (QED) is 0.840. The average molecular weight is 336 g/mol. The van der Waals surface area contributed by atoms with E-state index in [1.807, 2.05) is 24.3 Å². The molecule has 0 amide bonds. The van der Waals surface area contributed by atoms with E-state index in [0.717, 1.165) is 24.2 Å². The predicted molar refractivity (Wildman–Crippen MR) is 85.5 cm³/mol. The maximum atomic E-state index is 12.4. The summed E-state index contributed by atoms with van der Waals surface area (Å²) in [4.78, 5) is 0. The molecule has 1 atom stereocenters. The van der Waals surface area contributed by atoms with Crippen LogP contribution in [0, 0.1) is 12.8 Å². The van der Waals surface area contributed by atoms with E-state index in [4.69, 9.17) is 9.26 Å². The van der Waals surface area contributed by atoms with Crippen LogP contribution in [0.15, 0.2) is 34.9 Å². The van der Waals surface area contributed by atoms with Crippen molar-refractivity contribution in [3.05, 3.63) is 47.3 Å². The smallest absolute Gasteiger partial charge is 0.218 e. The topological polar surface area (TPSA) is 81.4 Å². The summed E-state index contributed by atoms with van der Waals surface area (Å²) in [5, 5.41) is 3.75. The van der Waals surface area contributed by atoms with Crippen LogP contribution in [0.4, 0.5) is 0 Å². The Morgan fingerprint density at radius 3 is 2.57 bits per heavy atom. The molecule has 124 valence electrons. The van der Waals surface area contributed by atoms with Crippen molar-refractivity contribution in [1.82, 2.24) is 9.88 Å². The molecule has 3 rings (SSSR count). The first-order valence-corrected chi connectivity index (χ1v) is 9.18. The van der Waals surface area contributed by atoms with E-state index in [-0.39, 0.29) is 11.8 Å². The molecule has 23 heavy (non-hydrogen) atoms. The fraction of sp³-hybridized carbons (Fsp3) is 0.438. The number of ether oxygens (including phenoxy) is 1. The minimum atomic E-state index is -3.49. The number of sulfonamides is 1. The van der Waals surface area contributed by atoms with Crippen molar-refractivity contribution in [3.63, 3.8) is 0 Å². The van der Waals surface area contributed by atoms with E-state index in [1.54, 1.807) is 20.1 Å². The minimum Gasteiger partial charge on any atom is -0.497 e. The van der Waals surface area contributed by atoms with E-state index < -0.39 is 10.0 Å². The van der Waals surface area contributed by atoms with Gasteiger partial charge in [-0.15, -0.1) is 0 Å². The highest BCUT2D eigenvalue weighted by molar-refractivity contribution is 7.88. The SMILES string of the molecule is COc1ccc([C@@H](NS(=O)(=O)Cc2cc(C)on2)C2CC2)cc1. The van der Waals surface area contributed by atoms with Gasteiger partial charge >= 0.3 is 0 Å². The van der Waals surface area contributed by atoms with Crippen molar-refractivity contribution in [2.75, 3.05) is 7.11 Å². The first-order valence-electron chi connectivity index (χ1n) is 7.53. The lowest BCUT2D eigenvalue weighted by molar-refractivity contribution is 0.392. The fourth-order valence-corrected chi connectivity index (χ4v) is 3.92. The average Bonchev–Trinajstić information content (AvgIpc) is 3.28. The first kappa shape index (κ1) is 16.0. The number of nitrogens with zero attached hydrogens (tertiary/aromatic N) is 1. The Hall–Kier alpha value is -1.86. The zero-order valence-electron chi connectivity index (χ0n) is 13.2. The molecule has 0 aliphatic heterocycles. The van der Waals surface area contributed by atoms with Crippen LogP contribution in [0.2, 0.25) is 0 Å². The number of hydrogen-bond donors (Lipinski definition) is 1. The van der Waals surface area contributed by atoms with Gasteiger partial charge in [-0.2, -0.15) is 0 Å². The molecule has 6 nitrogen and oxygen atoms in total. The summed E-state index contributed by atoms with van der Waals surface area (Å²) in [5.41, 5.74) is 1.37. The summed E-state index contributed by atoms with van der Waals surface area (Å²) in [5.74, 6) is 1.52. The Labute approximate surface area is 135 Å². The molecule has 1 aliphatic rings. The summed E-state index contributed by atoms with van der Waals surface area (Å²) in [6.07, 6.45) is 2.06. The molecule has 0 spiro atoms. The summed E-state index contributed by atoms with van der Waals surface area (Å²) < 4.78 is 37.8. The van der Waals surface area contributed by atoms with Gasteiger partial charge in [-0.1, -0.05) is 17.3 Å². The van der Waals surface area contributed by atoms with E-state index in [1.165, 1.54) is 0 Å². The Kier molecular flexibility index (Phi) is 4.41. The molecule has 7 heteroatoms. The molecule has 2 aromatic rings. The van der Waals surface area contributed by atoms with Crippen LogP contribution in [-0.4, -0.2) is 20.7 Å². The third kappa shape index (κ3) is 4.11. The second-order valence-electron chi connectivity index (χ2n) is 5.89. The molecular formula is C16H20N2O4S. The van der Waals surface area contributed by atoms with E-state index in [2.05, 4.69) is 9.88 Å². The lowest BCUT2D eigenvalue weighted by atomic mass is 10.0. The summed E-state index contributed by atoms with van der Waals surface area (Å²) >= 11 is 0. The second-order valence-corrected chi connectivity index (χ2v) is 7.65. The molecular weight excluding hydrogens is 316 g/mol. The first-order chi connectivity index (χ1) is 11.0. The number of aryl methyl sites for hydroxylation is 1. The largest absolute Gasteiger partial charge is 0.497 e. The van der Waals surface area contributed by atoms with Crippen LogP contribution < -0.4 is 9.46 Å². The van der Waals surface area contributed by atoms with Gasteiger partial charge in [0, 0.05) is 12.1 Å². The van der Waals surface area contributed by atoms with Gasteiger partial charge in [-0.25, -0.2) is 13.1 Å². The maximum absolute atomic E-state index is 12.4. The van der Waals surface area contributed by atoms with Gasteiger partial charge in [0.2, 0.25) is 10.0 Å². The van der Waals surface area contributed by atoms with Crippen molar-refractivity contribution >= 4 is 10.0 Å². The zero-order valence-corrected chi connectivity index (χ0v) is 14.0. The molecule has 1 aromatic heterocycles. The zero-order chi connectivity index (χ0) is 16.4. The van der Waals surface area contributed by atoms with Gasteiger partial charge in [0.05, 0.1) is 7.11 Å². The van der Waals surface area contributed by atoms with Crippen LogP contribution in [0.1, 0.15) is 35.9 Å². The van der Waals surface area contributed by atoms with Gasteiger partial charge in [-0.05, 0) is 43.4 Å². The van der Waals surface area contributed by atoms with E-state index in [9.17, 15) is 8.42 Å². The highest BCUT2D eigenvalue weighted by atomic mass is 32.2. The standard InChI is InChI=1S/C16H20N2O4S/c1-11-9-14(17-22-11)10-23(19,20)18-16(12-3-4-12)13-5-7-15(21-2)8-6-13/h5-9,12,16,18H,3-4,10H2,1-2H3/t16-/m0/s1. The molecule has 1 N–H and O–H groups in total. The highest BCUT2D eigenvalue weighted by Crippen LogP contribution is 2.41. The fourth-order valence-electron chi connectivity index (χ4n) is 2.59. The monoisotopic (exact) mass is 336 g/mol. The van der Waals surface area contributed by atoms with Crippen LogP contribution >= 0.6 is 0 Å². The molecule has 0 unspecified atom stereocenters. The molecule has 1 aliphatic carbocycles. The van der Waals surface area contributed by atoms with E-state index in [0.29, 0.717) is 17.4 Å². The Morgan fingerprint density at radius 1 is 1.35 bits per heavy atom.